The lowest BCUT2D eigenvalue weighted by molar-refractivity contribution is -0.117. The number of para-hydroxylation sites is 1. The molecular weight excluding hydrogens is 352 g/mol. The number of aromatic nitrogens is 3. The molecule has 0 fully saturated rings. The van der Waals surface area contributed by atoms with Crippen molar-refractivity contribution in [2.24, 2.45) is 0 Å². The summed E-state index contributed by atoms with van der Waals surface area (Å²) >= 11 is 3.01. The molecule has 1 aliphatic rings. The number of benzene rings is 1. The molecule has 0 aliphatic carbocycles. The van der Waals surface area contributed by atoms with Gasteiger partial charge in [-0.3, -0.25) is 9.89 Å². The zero-order valence-electron chi connectivity index (χ0n) is 13.8. The van der Waals surface area contributed by atoms with Crippen LogP contribution in [0.3, 0.4) is 0 Å². The average Bonchev–Trinajstić information content (AvgIpc) is 3.32. The van der Waals surface area contributed by atoms with Crippen LogP contribution in [0.1, 0.15) is 18.9 Å². The fraction of sp³-hybridized carbons (Fsp3) is 0.278. The fourth-order valence-corrected chi connectivity index (χ4v) is 4.46. The number of hydrogen-bond acceptors (Lipinski definition) is 5. The number of rotatable bonds is 4. The second-order valence-corrected chi connectivity index (χ2v) is 8.18. The molecule has 7 heteroatoms. The van der Waals surface area contributed by atoms with E-state index in [0.29, 0.717) is 5.16 Å². The average molecular weight is 371 g/mol. The summed E-state index contributed by atoms with van der Waals surface area (Å²) in [5.41, 5.74) is 2.29. The number of anilines is 1. The molecule has 0 unspecified atom stereocenters. The van der Waals surface area contributed by atoms with Crippen molar-refractivity contribution in [1.82, 2.24) is 15.2 Å². The van der Waals surface area contributed by atoms with Crippen LogP contribution < -0.4 is 4.90 Å². The summed E-state index contributed by atoms with van der Waals surface area (Å²) in [5, 5.41) is 9.57. The van der Waals surface area contributed by atoms with E-state index < -0.39 is 0 Å². The Kier molecular flexibility index (Phi) is 4.59. The molecule has 4 rings (SSSR count). The number of hydrogen-bond donors (Lipinski definition) is 1. The molecule has 3 aromatic rings. The van der Waals surface area contributed by atoms with Gasteiger partial charge in [0, 0.05) is 12.2 Å². The molecular formula is C18H18N4OS2. The van der Waals surface area contributed by atoms with Gasteiger partial charge >= 0.3 is 0 Å². The Labute approximate surface area is 154 Å². The predicted molar refractivity (Wildman–Crippen MR) is 102 cm³/mol. The Morgan fingerprint density at radius 3 is 3.04 bits per heavy atom. The quantitative estimate of drug-likeness (QED) is 0.705. The Bertz CT molecular complexity index is 875. The summed E-state index contributed by atoms with van der Waals surface area (Å²) in [6, 6.07) is 12.1. The maximum absolute atomic E-state index is 12.9. The van der Waals surface area contributed by atoms with E-state index in [1.165, 1.54) is 17.3 Å². The molecule has 1 aromatic carbocycles. The minimum Gasteiger partial charge on any atom is -0.311 e. The van der Waals surface area contributed by atoms with Crippen molar-refractivity contribution in [3.8, 4) is 10.7 Å². The normalized spacial score (nSPS) is 15.0. The van der Waals surface area contributed by atoms with Crippen molar-refractivity contribution in [3.63, 3.8) is 0 Å². The number of thioether (sulfide) groups is 1. The third-order valence-corrected chi connectivity index (χ3v) is 6.05. The van der Waals surface area contributed by atoms with E-state index in [2.05, 4.69) is 21.2 Å². The number of thiophene rings is 1. The van der Waals surface area contributed by atoms with Crippen LogP contribution in [0.4, 0.5) is 5.69 Å². The summed E-state index contributed by atoms with van der Waals surface area (Å²) < 4.78 is 0. The first-order valence-electron chi connectivity index (χ1n) is 8.24. The van der Waals surface area contributed by atoms with Crippen LogP contribution >= 0.6 is 23.1 Å². The van der Waals surface area contributed by atoms with Crippen molar-refractivity contribution in [2.45, 2.75) is 30.2 Å². The van der Waals surface area contributed by atoms with E-state index in [1.54, 1.807) is 11.3 Å². The summed E-state index contributed by atoms with van der Waals surface area (Å²) in [5.74, 6) is 0.861. The third-order valence-electron chi connectivity index (χ3n) is 4.23. The highest BCUT2D eigenvalue weighted by molar-refractivity contribution is 8.00. The van der Waals surface area contributed by atoms with E-state index in [4.69, 9.17) is 0 Å². The Balaban J connectivity index is 1.48. The van der Waals surface area contributed by atoms with Gasteiger partial charge in [-0.1, -0.05) is 36.0 Å². The number of amides is 1. The molecule has 2 aromatic heterocycles. The van der Waals surface area contributed by atoms with E-state index in [9.17, 15) is 4.79 Å². The number of aryl methyl sites for hydroxylation is 1. The molecule has 1 atom stereocenters. The van der Waals surface area contributed by atoms with Crippen LogP contribution in [-0.4, -0.2) is 32.9 Å². The third kappa shape index (κ3) is 3.34. The molecule has 1 amide bonds. The highest BCUT2D eigenvalue weighted by Crippen LogP contribution is 2.31. The Hall–Kier alpha value is -2.12. The number of nitrogens with one attached hydrogen (secondary N) is 1. The van der Waals surface area contributed by atoms with Crippen LogP contribution in [0.2, 0.25) is 0 Å². The van der Waals surface area contributed by atoms with Gasteiger partial charge in [-0.25, -0.2) is 4.98 Å². The first-order valence-corrected chi connectivity index (χ1v) is 10.0. The molecule has 0 spiro atoms. The first kappa shape index (κ1) is 16.4. The summed E-state index contributed by atoms with van der Waals surface area (Å²) in [4.78, 5) is 20.4. The predicted octanol–water partition coefficient (Wildman–Crippen LogP) is 3.99. The minimum absolute atomic E-state index is 0.111. The molecule has 5 nitrogen and oxygen atoms in total. The standard InChI is InChI=1S/C18H18N4OS2/c1-12(25-18-19-16(20-21-18)15-9-5-11-24-15)17(23)22-10-4-7-13-6-2-3-8-14(13)22/h2-3,5-6,8-9,11-12H,4,7,10H2,1H3,(H,19,20,21)/t12-/m1/s1. The van der Waals surface area contributed by atoms with Crippen molar-refractivity contribution in [2.75, 3.05) is 11.4 Å². The Morgan fingerprint density at radius 2 is 2.20 bits per heavy atom. The van der Waals surface area contributed by atoms with E-state index in [1.807, 2.05) is 47.5 Å². The lowest BCUT2D eigenvalue weighted by atomic mass is 10.0. The van der Waals surface area contributed by atoms with Gasteiger partial charge in [0.1, 0.15) is 0 Å². The molecule has 3 heterocycles. The van der Waals surface area contributed by atoms with E-state index in [-0.39, 0.29) is 11.2 Å². The topological polar surface area (TPSA) is 61.9 Å². The van der Waals surface area contributed by atoms with Gasteiger partial charge < -0.3 is 4.90 Å². The first-order chi connectivity index (χ1) is 12.2. The monoisotopic (exact) mass is 370 g/mol. The van der Waals surface area contributed by atoms with Gasteiger partial charge in [0.05, 0.1) is 10.1 Å². The molecule has 128 valence electrons. The number of fused-ring (bicyclic) bond motifs is 1. The maximum atomic E-state index is 12.9. The van der Waals surface area contributed by atoms with Gasteiger partial charge in [-0.2, -0.15) is 0 Å². The van der Waals surface area contributed by atoms with Gasteiger partial charge in [-0.15, -0.1) is 16.4 Å². The molecule has 0 saturated carbocycles. The maximum Gasteiger partial charge on any atom is 0.240 e. The summed E-state index contributed by atoms with van der Waals surface area (Å²) in [6.45, 7) is 2.70. The van der Waals surface area contributed by atoms with Crippen molar-refractivity contribution in [3.05, 3.63) is 47.3 Å². The SMILES string of the molecule is C[C@@H](Sc1n[nH]c(-c2cccs2)n1)C(=O)N1CCCc2ccccc21. The minimum atomic E-state index is -0.238. The van der Waals surface area contributed by atoms with Gasteiger partial charge in [-0.05, 0) is 42.8 Å². The van der Waals surface area contributed by atoms with Gasteiger partial charge in [0.2, 0.25) is 11.1 Å². The zero-order valence-corrected chi connectivity index (χ0v) is 15.4. The lowest BCUT2D eigenvalue weighted by Gasteiger charge is -2.31. The van der Waals surface area contributed by atoms with E-state index >= 15 is 0 Å². The fourth-order valence-electron chi connectivity index (χ4n) is 3.01. The highest BCUT2D eigenvalue weighted by Gasteiger charge is 2.27. The zero-order chi connectivity index (χ0) is 17.2. The van der Waals surface area contributed by atoms with Crippen LogP contribution in [0.15, 0.2) is 46.9 Å². The number of carbonyl (C=O) groups is 1. The molecule has 0 radical (unpaired) electrons. The molecule has 0 saturated heterocycles. The number of H-pyrrole nitrogens is 1. The van der Waals surface area contributed by atoms with Crippen molar-refractivity contribution >= 4 is 34.7 Å². The molecule has 25 heavy (non-hydrogen) atoms. The van der Waals surface area contributed by atoms with E-state index in [0.717, 1.165) is 35.8 Å². The van der Waals surface area contributed by atoms with Crippen LogP contribution in [0.25, 0.3) is 10.7 Å². The Morgan fingerprint density at radius 1 is 1.32 bits per heavy atom. The number of carbonyl (C=O) groups excluding carboxylic acids is 1. The van der Waals surface area contributed by atoms with Crippen LogP contribution in [0.5, 0.6) is 0 Å². The second-order valence-electron chi connectivity index (χ2n) is 5.93. The lowest BCUT2D eigenvalue weighted by Crippen LogP contribution is -2.40. The van der Waals surface area contributed by atoms with Crippen LogP contribution in [-0.2, 0) is 11.2 Å². The number of nitrogens with zero attached hydrogens (tertiary/aromatic N) is 3. The van der Waals surface area contributed by atoms with Crippen molar-refractivity contribution < 1.29 is 4.79 Å². The summed E-state index contributed by atoms with van der Waals surface area (Å²) in [6.07, 6.45) is 2.04. The molecule has 1 N–H and O–H groups in total. The second kappa shape index (κ2) is 7.01. The highest BCUT2D eigenvalue weighted by atomic mass is 32.2. The molecule has 0 bridgehead atoms. The largest absolute Gasteiger partial charge is 0.311 e. The molecule has 1 aliphatic heterocycles. The summed E-state index contributed by atoms with van der Waals surface area (Å²) in [7, 11) is 0. The van der Waals surface area contributed by atoms with Gasteiger partial charge in [0.15, 0.2) is 5.82 Å². The van der Waals surface area contributed by atoms with Gasteiger partial charge in [0.25, 0.3) is 0 Å². The number of aromatic amines is 1. The van der Waals surface area contributed by atoms with Crippen molar-refractivity contribution in [1.29, 1.82) is 0 Å². The van der Waals surface area contributed by atoms with Crippen LogP contribution in [0, 0.1) is 0 Å². The smallest absolute Gasteiger partial charge is 0.240 e.